The minimum absolute atomic E-state index is 0.210. The highest BCUT2D eigenvalue weighted by atomic mass is 16.3. The van der Waals surface area contributed by atoms with Gasteiger partial charge in [0.25, 0.3) is 0 Å². The summed E-state index contributed by atoms with van der Waals surface area (Å²) in [6.07, 6.45) is 3.58. The molecular weight excluding hydrogens is 204 g/mol. The second-order valence-corrected chi connectivity index (χ2v) is 4.05. The van der Waals surface area contributed by atoms with Crippen LogP contribution >= 0.6 is 0 Å². The van der Waals surface area contributed by atoms with Crippen molar-refractivity contribution in [3.8, 4) is 0 Å². The van der Waals surface area contributed by atoms with Crippen molar-refractivity contribution in [2.45, 2.75) is 19.4 Å². The highest BCUT2D eigenvalue weighted by molar-refractivity contribution is 5.20. The van der Waals surface area contributed by atoms with Crippen molar-refractivity contribution >= 4 is 0 Å². The Morgan fingerprint density at radius 3 is 3.12 bits per heavy atom. The Labute approximate surface area is 95.3 Å². The average Bonchev–Trinajstić information content (AvgIpc) is 2.30. The van der Waals surface area contributed by atoms with E-state index in [1.807, 2.05) is 6.20 Å². The topological polar surface area (TPSA) is 75.3 Å². The maximum Gasteiger partial charge on any atom is 0.129 e. The Morgan fingerprint density at radius 1 is 1.50 bits per heavy atom. The molecule has 2 rings (SSSR count). The lowest BCUT2D eigenvalue weighted by Gasteiger charge is -2.27. The van der Waals surface area contributed by atoms with E-state index in [4.69, 9.17) is 10.8 Å². The number of hydrogen-bond donors (Lipinski definition) is 2. The maximum absolute atomic E-state index is 8.89. The molecule has 2 heterocycles. The predicted molar refractivity (Wildman–Crippen MR) is 60.9 cm³/mol. The molecule has 5 nitrogen and oxygen atoms in total. The summed E-state index contributed by atoms with van der Waals surface area (Å²) in [5.74, 6) is 0.844. The molecule has 0 spiro atoms. The second-order valence-electron chi connectivity index (χ2n) is 4.05. The van der Waals surface area contributed by atoms with Gasteiger partial charge in [-0.1, -0.05) is 0 Å². The van der Waals surface area contributed by atoms with Gasteiger partial charge in [-0.15, -0.1) is 0 Å². The van der Waals surface area contributed by atoms with Crippen LogP contribution in [-0.4, -0.2) is 46.2 Å². The monoisotopic (exact) mass is 222 g/mol. The average molecular weight is 222 g/mol. The van der Waals surface area contributed by atoms with E-state index in [0.717, 1.165) is 44.0 Å². The first-order valence-corrected chi connectivity index (χ1v) is 5.70. The van der Waals surface area contributed by atoms with Crippen molar-refractivity contribution in [1.82, 2.24) is 14.9 Å². The molecular formula is C11H18N4O. The van der Waals surface area contributed by atoms with Crippen LogP contribution in [0.3, 0.4) is 0 Å². The van der Waals surface area contributed by atoms with E-state index in [2.05, 4.69) is 14.9 Å². The fourth-order valence-electron chi connectivity index (χ4n) is 2.00. The quantitative estimate of drug-likeness (QED) is 0.706. The summed E-state index contributed by atoms with van der Waals surface area (Å²) in [7, 11) is 0. The normalized spacial score (nSPS) is 16.1. The van der Waals surface area contributed by atoms with Gasteiger partial charge in [-0.2, -0.15) is 0 Å². The third-order valence-corrected chi connectivity index (χ3v) is 2.85. The maximum atomic E-state index is 8.89. The lowest BCUT2D eigenvalue weighted by atomic mass is 10.1. The highest BCUT2D eigenvalue weighted by Gasteiger charge is 2.17. The Bertz CT molecular complexity index is 356. The van der Waals surface area contributed by atoms with Gasteiger partial charge in [0.05, 0.1) is 6.61 Å². The summed E-state index contributed by atoms with van der Waals surface area (Å²) in [5, 5.41) is 8.89. The molecule has 0 amide bonds. The fraction of sp³-hybridized carbons (Fsp3) is 0.636. The Morgan fingerprint density at radius 2 is 2.38 bits per heavy atom. The third-order valence-electron chi connectivity index (χ3n) is 2.85. The van der Waals surface area contributed by atoms with Crippen LogP contribution < -0.4 is 5.73 Å². The van der Waals surface area contributed by atoms with Crippen LogP contribution in [0, 0.1) is 0 Å². The van der Waals surface area contributed by atoms with Crippen LogP contribution in [0.4, 0.5) is 0 Å². The van der Waals surface area contributed by atoms with Gasteiger partial charge in [0.15, 0.2) is 0 Å². The number of aromatic nitrogens is 2. The Balaban J connectivity index is 2.09. The number of nitrogens with zero attached hydrogens (tertiary/aromatic N) is 3. The first-order chi connectivity index (χ1) is 7.83. The first-order valence-electron chi connectivity index (χ1n) is 5.70. The number of hydrogen-bond acceptors (Lipinski definition) is 5. The van der Waals surface area contributed by atoms with Gasteiger partial charge >= 0.3 is 0 Å². The largest absolute Gasteiger partial charge is 0.395 e. The van der Waals surface area contributed by atoms with Gasteiger partial charge < -0.3 is 10.8 Å². The van der Waals surface area contributed by atoms with Crippen molar-refractivity contribution in [2.75, 3.05) is 26.2 Å². The van der Waals surface area contributed by atoms with E-state index >= 15 is 0 Å². The van der Waals surface area contributed by atoms with Crippen molar-refractivity contribution in [3.05, 3.63) is 23.3 Å². The summed E-state index contributed by atoms with van der Waals surface area (Å²) in [6, 6.07) is 0. The van der Waals surface area contributed by atoms with Crippen molar-refractivity contribution in [3.63, 3.8) is 0 Å². The highest BCUT2D eigenvalue weighted by Crippen LogP contribution is 2.15. The van der Waals surface area contributed by atoms with E-state index in [-0.39, 0.29) is 6.61 Å². The van der Waals surface area contributed by atoms with Gasteiger partial charge in [0, 0.05) is 49.9 Å². The number of aliphatic hydroxyl groups excluding tert-OH is 1. The number of β-amino-alcohol motifs (C(OH)–C–C–N with tert-alkyl or cyclic N) is 1. The molecule has 1 aromatic heterocycles. The number of aliphatic hydroxyl groups is 1. The van der Waals surface area contributed by atoms with Gasteiger partial charge in [-0.3, -0.25) is 4.90 Å². The lowest BCUT2D eigenvalue weighted by molar-refractivity contribution is 0.183. The Hall–Kier alpha value is -1.04. The van der Waals surface area contributed by atoms with Crippen LogP contribution in [-0.2, 0) is 19.4 Å². The van der Waals surface area contributed by atoms with Crippen LogP contribution in [0.25, 0.3) is 0 Å². The molecule has 0 aliphatic carbocycles. The van der Waals surface area contributed by atoms with E-state index in [9.17, 15) is 0 Å². The molecule has 0 aromatic carbocycles. The SMILES string of the molecule is NCCc1ncc2c(n1)CCN(CCO)C2. The molecule has 1 aromatic rings. The summed E-state index contributed by atoms with van der Waals surface area (Å²) < 4.78 is 0. The smallest absolute Gasteiger partial charge is 0.129 e. The molecule has 1 aliphatic heterocycles. The fourth-order valence-corrected chi connectivity index (χ4v) is 2.00. The van der Waals surface area contributed by atoms with Crippen LogP contribution in [0.5, 0.6) is 0 Å². The molecule has 0 unspecified atom stereocenters. The van der Waals surface area contributed by atoms with Crippen LogP contribution in [0.15, 0.2) is 6.20 Å². The summed E-state index contributed by atoms with van der Waals surface area (Å²) >= 11 is 0. The van der Waals surface area contributed by atoms with E-state index in [0.29, 0.717) is 6.54 Å². The molecule has 0 radical (unpaired) electrons. The zero-order chi connectivity index (χ0) is 11.4. The second kappa shape index (κ2) is 5.34. The van der Waals surface area contributed by atoms with Crippen LogP contribution in [0.1, 0.15) is 17.1 Å². The molecule has 0 fully saturated rings. The van der Waals surface area contributed by atoms with Gasteiger partial charge in [-0.25, -0.2) is 9.97 Å². The summed E-state index contributed by atoms with van der Waals surface area (Å²) in [6.45, 7) is 3.34. The van der Waals surface area contributed by atoms with Crippen molar-refractivity contribution in [1.29, 1.82) is 0 Å². The van der Waals surface area contributed by atoms with E-state index in [1.165, 1.54) is 5.56 Å². The molecule has 0 bridgehead atoms. The van der Waals surface area contributed by atoms with E-state index < -0.39 is 0 Å². The van der Waals surface area contributed by atoms with E-state index in [1.54, 1.807) is 0 Å². The standard InChI is InChI=1S/C11H18N4O/c12-3-1-11-13-7-9-8-15(5-6-16)4-2-10(9)14-11/h7,16H,1-6,8,12H2. The van der Waals surface area contributed by atoms with Gasteiger partial charge in [-0.05, 0) is 6.54 Å². The molecule has 0 atom stereocenters. The van der Waals surface area contributed by atoms with Crippen molar-refractivity contribution in [2.24, 2.45) is 5.73 Å². The first kappa shape index (κ1) is 11.4. The lowest BCUT2D eigenvalue weighted by Crippen LogP contribution is -2.33. The molecule has 3 N–H and O–H groups in total. The third kappa shape index (κ3) is 2.55. The summed E-state index contributed by atoms with van der Waals surface area (Å²) in [5.41, 5.74) is 7.81. The van der Waals surface area contributed by atoms with Gasteiger partial charge in [0.1, 0.15) is 5.82 Å². The minimum atomic E-state index is 0.210. The molecule has 0 saturated carbocycles. The minimum Gasteiger partial charge on any atom is -0.395 e. The predicted octanol–water partition coefficient (Wildman–Crippen LogP) is -0.672. The number of rotatable bonds is 4. The zero-order valence-electron chi connectivity index (χ0n) is 9.39. The molecule has 88 valence electrons. The Kier molecular flexibility index (Phi) is 3.82. The van der Waals surface area contributed by atoms with Crippen LogP contribution in [0.2, 0.25) is 0 Å². The number of fused-ring (bicyclic) bond motifs is 1. The summed E-state index contributed by atoms with van der Waals surface area (Å²) in [4.78, 5) is 11.0. The van der Waals surface area contributed by atoms with Gasteiger partial charge in [0.2, 0.25) is 0 Å². The molecule has 0 saturated heterocycles. The number of nitrogens with two attached hydrogens (primary N) is 1. The molecule has 1 aliphatic rings. The molecule has 5 heteroatoms. The van der Waals surface area contributed by atoms with Crippen molar-refractivity contribution < 1.29 is 5.11 Å². The molecule has 16 heavy (non-hydrogen) atoms. The zero-order valence-corrected chi connectivity index (χ0v) is 9.39.